The summed E-state index contributed by atoms with van der Waals surface area (Å²) in [5, 5.41) is 0. The van der Waals surface area contributed by atoms with Gasteiger partial charge in [0.05, 0.1) is 3.42 Å². The molecule has 2 rings (SSSR count). The molecule has 0 saturated carbocycles. The second-order valence-electron chi connectivity index (χ2n) is 6.33. The summed E-state index contributed by atoms with van der Waals surface area (Å²) < 4.78 is 106. The van der Waals surface area contributed by atoms with E-state index in [2.05, 4.69) is 0 Å². The Bertz CT molecular complexity index is 745. The molecule has 150 valence electrons. The highest BCUT2D eigenvalue weighted by Crippen LogP contribution is 2.55. The summed E-state index contributed by atoms with van der Waals surface area (Å²) in [6.07, 6.45) is -10.7. The van der Waals surface area contributed by atoms with Crippen LogP contribution in [0.2, 0.25) is 0 Å². The normalized spacial score (nSPS) is 21.7. The maximum atomic E-state index is 14.6. The first kappa shape index (κ1) is 22.2. The van der Waals surface area contributed by atoms with Gasteiger partial charge in [-0.3, -0.25) is 0 Å². The molecule has 0 aliphatic heterocycles. The lowest BCUT2D eigenvalue weighted by atomic mass is 9.79. The number of hydrogen-bond acceptors (Lipinski definition) is 0. The molecular weight excluding hydrogens is 495 g/mol. The van der Waals surface area contributed by atoms with E-state index < -0.39 is 32.8 Å². The van der Waals surface area contributed by atoms with E-state index in [9.17, 15) is 35.1 Å². The van der Waals surface area contributed by atoms with Crippen LogP contribution in [0.25, 0.3) is 0 Å². The van der Waals surface area contributed by atoms with Crippen LogP contribution in [0.5, 0.6) is 0 Å². The molecule has 0 heterocycles. The summed E-state index contributed by atoms with van der Waals surface area (Å²) in [6, 6.07) is 5.09. The fraction of sp³-hybridized carbons (Fsp3) is 0.444. The molecule has 0 aromatic heterocycles. The molecular formula is C18H15F8I. The second kappa shape index (κ2) is 7.36. The Morgan fingerprint density at radius 1 is 1.00 bits per heavy atom. The smallest absolute Gasteiger partial charge is 0.218 e. The summed E-state index contributed by atoms with van der Waals surface area (Å²) in [5.74, 6) is -0.788. The average molecular weight is 510 g/mol. The van der Waals surface area contributed by atoms with E-state index in [4.69, 9.17) is 0 Å². The first-order valence-corrected chi connectivity index (χ1v) is 9.03. The van der Waals surface area contributed by atoms with E-state index in [0.717, 1.165) is 6.07 Å². The molecule has 1 atom stereocenters. The third-order valence-corrected chi connectivity index (χ3v) is 5.57. The lowest BCUT2D eigenvalue weighted by Gasteiger charge is -2.37. The Kier molecular flexibility index (Phi) is 6.04. The predicted octanol–water partition coefficient (Wildman–Crippen LogP) is 7.35. The lowest BCUT2D eigenvalue weighted by molar-refractivity contribution is -0.325. The molecule has 1 unspecified atom stereocenters. The first-order valence-electron chi connectivity index (χ1n) is 7.95. The maximum absolute atomic E-state index is 14.6. The van der Waals surface area contributed by atoms with Crippen LogP contribution in [0.4, 0.5) is 35.1 Å². The molecule has 1 aliphatic rings. The first-order chi connectivity index (χ1) is 12.3. The molecule has 1 aromatic rings. The Balaban J connectivity index is 2.74. The van der Waals surface area contributed by atoms with Gasteiger partial charge >= 0.3 is 18.0 Å². The molecule has 0 N–H and O–H groups in total. The largest absolute Gasteiger partial charge is 0.435 e. The topological polar surface area (TPSA) is 0 Å². The molecule has 1 aromatic carbocycles. The van der Waals surface area contributed by atoms with E-state index in [1.165, 1.54) is 18.2 Å². The van der Waals surface area contributed by atoms with Gasteiger partial charge in [0.1, 0.15) is 5.82 Å². The Morgan fingerprint density at radius 3 is 2.04 bits per heavy atom. The number of allylic oxidation sites excluding steroid dienone is 4. The van der Waals surface area contributed by atoms with Crippen molar-refractivity contribution in [3.05, 3.63) is 58.9 Å². The Morgan fingerprint density at radius 2 is 1.56 bits per heavy atom. The van der Waals surface area contributed by atoms with Gasteiger partial charge in [0, 0.05) is 11.1 Å². The number of hydrogen-bond donors (Lipinski definition) is 0. The van der Waals surface area contributed by atoms with Crippen molar-refractivity contribution in [3.8, 4) is 0 Å². The van der Waals surface area contributed by atoms with Crippen molar-refractivity contribution < 1.29 is 35.1 Å². The summed E-state index contributed by atoms with van der Waals surface area (Å²) >= 11 is 1.59. The highest BCUT2D eigenvalue weighted by atomic mass is 127. The van der Waals surface area contributed by atoms with Crippen molar-refractivity contribution in [3.63, 3.8) is 0 Å². The Labute approximate surface area is 164 Å². The number of alkyl halides is 8. The number of halogens is 9. The van der Waals surface area contributed by atoms with Crippen molar-refractivity contribution in [1.82, 2.24) is 0 Å². The van der Waals surface area contributed by atoms with Crippen LogP contribution in [0, 0.1) is 5.82 Å². The molecule has 0 radical (unpaired) electrons. The van der Waals surface area contributed by atoms with Gasteiger partial charge in [0.25, 0.3) is 0 Å². The SMILES string of the molecule is CCCC1=CC(C(F)(C(F)(F)F)C(F)(F)F)=CC(I)(c2ccccc2F)C1. The van der Waals surface area contributed by atoms with Crippen molar-refractivity contribution in [2.45, 2.75) is 47.6 Å². The molecule has 0 bridgehead atoms. The third-order valence-electron chi connectivity index (χ3n) is 4.30. The summed E-state index contributed by atoms with van der Waals surface area (Å²) in [7, 11) is 0. The fourth-order valence-electron chi connectivity index (χ4n) is 3.08. The minimum absolute atomic E-state index is 0.0162. The van der Waals surface area contributed by atoms with Crippen LogP contribution in [0.15, 0.2) is 47.6 Å². The van der Waals surface area contributed by atoms with Crippen molar-refractivity contribution >= 4 is 22.6 Å². The molecule has 0 fully saturated rings. The minimum atomic E-state index is -6.21. The number of rotatable bonds is 4. The zero-order valence-electron chi connectivity index (χ0n) is 14.0. The predicted molar refractivity (Wildman–Crippen MR) is 93.7 cm³/mol. The van der Waals surface area contributed by atoms with Gasteiger partial charge < -0.3 is 0 Å². The van der Waals surface area contributed by atoms with E-state index in [1.807, 2.05) is 0 Å². The van der Waals surface area contributed by atoms with E-state index in [-0.39, 0.29) is 24.0 Å². The zero-order valence-corrected chi connectivity index (χ0v) is 16.1. The zero-order chi connectivity index (χ0) is 20.7. The van der Waals surface area contributed by atoms with E-state index >= 15 is 0 Å². The van der Waals surface area contributed by atoms with Gasteiger partial charge in [-0.25, -0.2) is 8.78 Å². The summed E-state index contributed by atoms with van der Waals surface area (Å²) in [6.45, 7) is 1.69. The number of benzene rings is 1. The minimum Gasteiger partial charge on any atom is -0.218 e. The molecule has 27 heavy (non-hydrogen) atoms. The van der Waals surface area contributed by atoms with Crippen LogP contribution in [-0.2, 0) is 3.42 Å². The molecule has 0 spiro atoms. The monoisotopic (exact) mass is 510 g/mol. The van der Waals surface area contributed by atoms with Crippen LogP contribution in [0.3, 0.4) is 0 Å². The summed E-state index contributed by atoms with van der Waals surface area (Å²) in [4.78, 5) is 0. The van der Waals surface area contributed by atoms with E-state index in [0.29, 0.717) is 18.6 Å². The lowest BCUT2D eigenvalue weighted by Crippen LogP contribution is -2.55. The van der Waals surface area contributed by atoms with Gasteiger partial charge in [-0.05, 0) is 18.9 Å². The standard InChI is InChI=1S/C18H15F8I/c1-2-5-11-8-12(16(20,17(21,22)23)18(24,25)26)10-15(27,9-11)13-6-3-4-7-14(13)19/h3-4,6-8,10H,2,5,9H2,1H3. The van der Waals surface area contributed by atoms with Crippen LogP contribution >= 0.6 is 22.6 Å². The van der Waals surface area contributed by atoms with Crippen LogP contribution < -0.4 is 0 Å². The molecule has 0 saturated heterocycles. The van der Waals surface area contributed by atoms with Crippen LogP contribution in [0.1, 0.15) is 31.7 Å². The van der Waals surface area contributed by atoms with Crippen molar-refractivity contribution in [2.24, 2.45) is 0 Å². The van der Waals surface area contributed by atoms with E-state index in [1.54, 1.807) is 29.5 Å². The van der Waals surface area contributed by atoms with Gasteiger partial charge in [-0.2, -0.15) is 26.3 Å². The molecule has 1 aliphatic carbocycles. The third kappa shape index (κ3) is 4.02. The fourth-order valence-corrected chi connectivity index (χ4v) is 4.34. The highest BCUT2D eigenvalue weighted by molar-refractivity contribution is 14.1. The van der Waals surface area contributed by atoms with Gasteiger partial charge in [0.2, 0.25) is 0 Å². The Hall–Kier alpha value is -1.13. The van der Waals surface area contributed by atoms with Crippen LogP contribution in [-0.4, -0.2) is 18.0 Å². The van der Waals surface area contributed by atoms with Gasteiger partial charge in [-0.15, -0.1) is 0 Å². The second-order valence-corrected chi connectivity index (χ2v) is 8.25. The highest BCUT2D eigenvalue weighted by Gasteiger charge is 2.74. The van der Waals surface area contributed by atoms with Crippen molar-refractivity contribution in [2.75, 3.05) is 0 Å². The molecule has 0 nitrogen and oxygen atoms in total. The average Bonchev–Trinajstić information content (AvgIpc) is 2.52. The van der Waals surface area contributed by atoms with Gasteiger partial charge in [-0.1, -0.05) is 71.9 Å². The molecule has 0 amide bonds. The molecule has 9 heteroatoms. The quantitative estimate of drug-likeness (QED) is 0.226. The van der Waals surface area contributed by atoms with Crippen molar-refractivity contribution in [1.29, 1.82) is 0 Å². The maximum Gasteiger partial charge on any atom is 0.435 e. The summed E-state index contributed by atoms with van der Waals surface area (Å²) in [5.41, 5.74) is -7.00. The van der Waals surface area contributed by atoms with Gasteiger partial charge in [0.15, 0.2) is 0 Å².